The van der Waals surface area contributed by atoms with Gasteiger partial charge in [0, 0.05) is 37.0 Å². The fraction of sp³-hybridized carbons (Fsp3) is 0.357. The number of nitrogens with zero attached hydrogens (tertiary/aromatic N) is 2. The van der Waals surface area contributed by atoms with E-state index >= 15 is 0 Å². The molecule has 1 N–H and O–H groups in total. The number of rotatable bonds is 5. The number of hydrogen-bond acceptors (Lipinski definition) is 4. The number of aryl methyl sites for hydroxylation is 1. The molecule has 19 heavy (non-hydrogen) atoms. The molecule has 0 bridgehead atoms. The summed E-state index contributed by atoms with van der Waals surface area (Å²) in [7, 11) is 7.13. The summed E-state index contributed by atoms with van der Waals surface area (Å²) in [4.78, 5) is 0. The smallest absolute Gasteiger partial charge is 0.132 e. The van der Waals surface area contributed by atoms with Crippen molar-refractivity contribution in [2.45, 2.75) is 6.54 Å². The zero-order valence-electron chi connectivity index (χ0n) is 11.7. The molecule has 0 radical (unpaired) electrons. The SMILES string of the molecule is CNCc1cn(C)nc1-c1ccc(OC)cc1OC. The summed E-state index contributed by atoms with van der Waals surface area (Å²) < 4.78 is 12.5. The minimum Gasteiger partial charge on any atom is -0.497 e. The van der Waals surface area contributed by atoms with Crippen LogP contribution >= 0.6 is 0 Å². The van der Waals surface area contributed by atoms with E-state index in [4.69, 9.17) is 9.47 Å². The van der Waals surface area contributed by atoms with Crippen molar-refractivity contribution in [3.8, 4) is 22.8 Å². The predicted octanol–water partition coefficient (Wildman–Crippen LogP) is 1.82. The molecule has 0 aliphatic carbocycles. The van der Waals surface area contributed by atoms with Crippen LogP contribution < -0.4 is 14.8 Å². The van der Waals surface area contributed by atoms with Crippen LogP contribution in [0.25, 0.3) is 11.3 Å². The standard InChI is InChI=1S/C14H19N3O2/c1-15-8-10-9-17(2)16-14(10)12-6-5-11(18-3)7-13(12)19-4/h5-7,9,15H,8H2,1-4H3. The molecule has 1 heterocycles. The molecule has 0 saturated heterocycles. The zero-order valence-corrected chi connectivity index (χ0v) is 11.7. The molecule has 2 rings (SSSR count). The van der Waals surface area contributed by atoms with Crippen LogP contribution in [0.1, 0.15) is 5.56 Å². The minimum atomic E-state index is 0.760. The van der Waals surface area contributed by atoms with Crippen LogP contribution in [0.15, 0.2) is 24.4 Å². The van der Waals surface area contributed by atoms with Gasteiger partial charge in [-0.15, -0.1) is 0 Å². The first-order valence-electron chi connectivity index (χ1n) is 6.09. The summed E-state index contributed by atoms with van der Waals surface area (Å²) in [5.74, 6) is 1.53. The molecule has 2 aromatic rings. The van der Waals surface area contributed by atoms with Gasteiger partial charge in [0.1, 0.15) is 17.2 Å². The summed E-state index contributed by atoms with van der Waals surface area (Å²) in [6.45, 7) is 0.762. The number of hydrogen-bond donors (Lipinski definition) is 1. The lowest BCUT2D eigenvalue weighted by molar-refractivity contribution is 0.395. The third kappa shape index (κ3) is 2.71. The molecule has 5 nitrogen and oxygen atoms in total. The Bertz CT molecular complexity index is 564. The summed E-state index contributed by atoms with van der Waals surface area (Å²) >= 11 is 0. The number of nitrogens with one attached hydrogen (secondary N) is 1. The highest BCUT2D eigenvalue weighted by atomic mass is 16.5. The lowest BCUT2D eigenvalue weighted by Gasteiger charge is -2.10. The van der Waals surface area contributed by atoms with E-state index in [0.29, 0.717) is 0 Å². The maximum absolute atomic E-state index is 5.43. The summed E-state index contributed by atoms with van der Waals surface area (Å²) in [6.07, 6.45) is 2.01. The molecule has 0 spiro atoms. The number of ether oxygens (including phenoxy) is 2. The molecular weight excluding hydrogens is 242 g/mol. The van der Waals surface area contributed by atoms with Gasteiger partial charge < -0.3 is 14.8 Å². The molecule has 5 heteroatoms. The lowest BCUT2D eigenvalue weighted by atomic mass is 10.1. The van der Waals surface area contributed by atoms with E-state index in [-0.39, 0.29) is 0 Å². The highest BCUT2D eigenvalue weighted by Crippen LogP contribution is 2.34. The maximum atomic E-state index is 5.43. The third-order valence-electron chi connectivity index (χ3n) is 2.94. The van der Waals surface area contributed by atoms with Crippen molar-refractivity contribution in [2.75, 3.05) is 21.3 Å². The molecule has 0 unspecified atom stereocenters. The quantitative estimate of drug-likeness (QED) is 0.892. The Labute approximate surface area is 113 Å². The first-order valence-corrected chi connectivity index (χ1v) is 6.09. The van der Waals surface area contributed by atoms with Gasteiger partial charge >= 0.3 is 0 Å². The van der Waals surface area contributed by atoms with Crippen molar-refractivity contribution in [3.63, 3.8) is 0 Å². The van der Waals surface area contributed by atoms with Crippen LogP contribution in [0.3, 0.4) is 0 Å². The topological polar surface area (TPSA) is 48.3 Å². The van der Waals surface area contributed by atoms with E-state index in [2.05, 4.69) is 10.4 Å². The van der Waals surface area contributed by atoms with Gasteiger partial charge in [-0.1, -0.05) is 0 Å². The third-order valence-corrected chi connectivity index (χ3v) is 2.94. The van der Waals surface area contributed by atoms with Gasteiger partial charge in [0.15, 0.2) is 0 Å². The molecular formula is C14H19N3O2. The summed E-state index contributed by atoms with van der Waals surface area (Å²) in [5, 5.41) is 7.67. The summed E-state index contributed by atoms with van der Waals surface area (Å²) in [6, 6.07) is 5.75. The lowest BCUT2D eigenvalue weighted by Crippen LogP contribution is -2.05. The van der Waals surface area contributed by atoms with Gasteiger partial charge in [-0.3, -0.25) is 4.68 Å². The van der Waals surface area contributed by atoms with Crippen LogP contribution in [0.4, 0.5) is 0 Å². The van der Waals surface area contributed by atoms with Crippen molar-refractivity contribution in [1.29, 1.82) is 0 Å². The Morgan fingerprint density at radius 3 is 2.68 bits per heavy atom. The van der Waals surface area contributed by atoms with Crippen molar-refractivity contribution in [3.05, 3.63) is 30.0 Å². The Morgan fingerprint density at radius 1 is 1.26 bits per heavy atom. The van der Waals surface area contributed by atoms with Crippen molar-refractivity contribution >= 4 is 0 Å². The van der Waals surface area contributed by atoms with E-state index < -0.39 is 0 Å². The number of benzene rings is 1. The Balaban J connectivity index is 2.51. The van der Waals surface area contributed by atoms with Crippen LogP contribution in [-0.4, -0.2) is 31.0 Å². The van der Waals surface area contributed by atoms with Crippen LogP contribution in [-0.2, 0) is 13.6 Å². The van der Waals surface area contributed by atoms with Crippen LogP contribution in [0.2, 0.25) is 0 Å². The molecule has 0 fully saturated rings. The van der Waals surface area contributed by atoms with Crippen LogP contribution in [0.5, 0.6) is 11.5 Å². The predicted molar refractivity (Wildman–Crippen MR) is 74.5 cm³/mol. The zero-order chi connectivity index (χ0) is 13.8. The van der Waals surface area contributed by atoms with Crippen molar-refractivity contribution < 1.29 is 9.47 Å². The average molecular weight is 261 g/mol. The van der Waals surface area contributed by atoms with E-state index in [1.54, 1.807) is 14.2 Å². The second-order valence-corrected chi connectivity index (χ2v) is 4.27. The molecule has 1 aromatic heterocycles. The highest BCUT2D eigenvalue weighted by Gasteiger charge is 2.14. The van der Waals surface area contributed by atoms with Crippen molar-refractivity contribution in [2.24, 2.45) is 7.05 Å². The maximum Gasteiger partial charge on any atom is 0.132 e. The summed E-state index contributed by atoms with van der Waals surface area (Å²) in [5.41, 5.74) is 3.03. The Hall–Kier alpha value is -2.01. The van der Waals surface area contributed by atoms with E-state index in [1.807, 2.05) is 43.2 Å². The van der Waals surface area contributed by atoms with E-state index in [1.165, 1.54) is 0 Å². The molecule has 0 aliphatic heterocycles. The fourth-order valence-electron chi connectivity index (χ4n) is 2.08. The minimum absolute atomic E-state index is 0.760. The van der Waals surface area contributed by atoms with Gasteiger partial charge in [0.2, 0.25) is 0 Å². The molecule has 0 atom stereocenters. The first-order chi connectivity index (χ1) is 9.19. The first kappa shape index (κ1) is 13.4. The molecule has 102 valence electrons. The van der Waals surface area contributed by atoms with Crippen LogP contribution in [0, 0.1) is 0 Å². The Kier molecular flexibility index (Phi) is 4.06. The fourth-order valence-corrected chi connectivity index (χ4v) is 2.08. The van der Waals surface area contributed by atoms with Gasteiger partial charge in [-0.05, 0) is 19.2 Å². The number of aromatic nitrogens is 2. The molecule has 1 aromatic carbocycles. The molecule has 0 amide bonds. The van der Waals surface area contributed by atoms with E-state index in [0.717, 1.165) is 34.9 Å². The Morgan fingerprint density at radius 2 is 2.05 bits per heavy atom. The normalized spacial score (nSPS) is 10.5. The van der Waals surface area contributed by atoms with Gasteiger partial charge in [-0.25, -0.2) is 0 Å². The van der Waals surface area contributed by atoms with Gasteiger partial charge in [-0.2, -0.15) is 5.10 Å². The largest absolute Gasteiger partial charge is 0.497 e. The number of methoxy groups -OCH3 is 2. The molecule has 0 aliphatic rings. The van der Waals surface area contributed by atoms with E-state index in [9.17, 15) is 0 Å². The second-order valence-electron chi connectivity index (χ2n) is 4.27. The monoisotopic (exact) mass is 261 g/mol. The van der Waals surface area contributed by atoms with Crippen molar-refractivity contribution in [1.82, 2.24) is 15.1 Å². The average Bonchev–Trinajstić information content (AvgIpc) is 2.79. The molecule has 0 saturated carbocycles. The highest BCUT2D eigenvalue weighted by molar-refractivity contribution is 5.71. The van der Waals surface area contributed by atoms with Gasteiger partial charge in [0.25, 0.3) is 0 Å². The second kappa shape index (κ2) is 5.75. The van der Waals surface area contributed by atoms with Gasteiger partial charge in [0.05, 0.1) is 14.2 Å².